The Morgan fingerprint density at radius 3 is 2.55 bits per heavy atom. The lowest BCUT2D eigenvalue weighted by molar-refractivity contribution is -0.458. The number of rotatable bonds is 3. The number of hydrogen-bond acceptors (Lipinski definition) is 3. The highest BCUT2D eigenvalue weighted by Crippen LogP contribution is 2.59. The molecule has 2 aliphatic rings. The van der Waals surface area contributed by atoms with Gasteiger partial charge < -0.3 is 15.6 Å². The van der Waals surface area contributed by atoms with Gasteiger partial charge in [-0.1, -0.05) is 18.6 Å². The third-order valence-electron chi connectivity index (χ3n) is 3.85. The van der Waals surface area contributed by atoms with Crippen LogP contribution in [0.5, 0.6) is 0 Å². The summed E-state index contributed by atoms with van der Waals surface area (Å²) in [6.45, 7) is 8.33. The number of carbonyl (C=O) groups is 1. The molecule has 0 amide bonds. The van der Waals surface area contributed by atoms with E-state index in [4.69, 9.17) is 5.26 Å². The topological polar surface area (TPSA) is 91.6 Å². The van der Waals surface area contributed by atoms with Crippen LogP contribution >= 0.6 is 0 Å². The van der Waals surface area contributed by atoms with Crippen molar-refractivity contribution in [3.05, 3.63) is 11.6 Å². The van der Waals surface area contributed by atoms with E-state index in [0.29, 0.717) is 5.92 Å². The van der Waals surface area contributed by atoms with Gasteiger partial charge in [-0.15, -0.1) is 0 Å². The summed E-state index contributed by atoms with van der Waals surface area (Å²) >= 11 is 0. The molecule has 0 radical (unpaired) electrons. The third kappa shape index (κ3) is 4.08. The minimum atomic E-state index is -1.10. The number of carbonyl (C=O) groups excluding carboxylic acids is 1. The van der Waals surface area contributed by atoms with Gasteiger partial charge in [-0.05, 0) is 51.9 Å². The lowest BCUT2D eigenvalue weighted by Crippen LogP contribution is -2.67. The van der Waals surface area contributed by atoms with Gasteiger partial charge in [0.1, 0.15) is 0 Å². The monoisotopic (exact) mass is 278 g/mol. The summed E-state index contributed by atoms with van der Waals surface area (Å²) in [5.41, 5.74) is 4.73. The molecule has 0 bridgehead atoms. The van der Waals surface area contributed by atoms with E-state index < -0.39 is 11.4 Å². The molecule has 0 spiro atoms. The molecule has 0 aromatic carbocycles. The molecule has 2 rings (SSSR count). The van der Waals surface area contributed by atoms with Crippen molar-refractivity contribution in [1.82, 2.24) is 0 Å². The van der Waals surface area contributed by atoms with Gasteiger partial charge in [-0.3, -0.25) is 0 Å². The van der Waals surface area contributed by atoms with E-state index in [9.17, 15) is 9.90 Å². The zero-order valence-electron chi connectivity index (χ0n) is 13.0. The molecule has 4 heteroatoms. The summed E-state index contributed by atoms with van der Waals surface area (Å²) in [5, 5.41) is 19.7. The number of aliphatic carboxylic acids is 1. The molecule has 0 aromatic rings. The van der Waals surface area contributed by atoms with Crippen LogP contribution < -0.4 is 10.8 Å². The number of quaternary nitrogens is 1. The van der Waals surface area contributed by atoms with Crippen molar-refractivity contribution in [2.24, 2.45) is 17.3 Å². The predicted molar refractivity (Wildman–Crippen MR) is 74.9 cm³/mol. The Labute approximate surface area is 121 Å². The van der Waals surface area contributed by atoms with Gasteiger partial charge in [0.05, 0.1) is 17.0 Å². The highest BCUT2D eigenvalue weighted by molar-refractivity contribution is 5.66. The van der Waals surface area contributed by atoms with Crippen LogP contribution in [0.25, 0.3) is 0 Å². The van der Waals surface area contributed by atoms with Crippen molar-refractivity contribution in [2.45, 2.75) is 58.9 Å². The van der Waals surface area contributed by atoms with Crippen molar-refractivity contribution in [1.29, 1.82) is 5.26 Å². The first-order valence-corrected chi connectivity index (χ1v) is 7.27. The fourth-order valence-corrected chi connectivity index (χ4v) is 3.04. The standard InChI is InChI=1S/C12H15NO2.C4H11N/c1-2-8-3-9-5-12(7-13,6-11(14)15)10(9)4-8;1-4(2,3)5/h4,9-10H,2-3,5-6H2,1H3,(H,14,15);5H2,1-3H3/t9-,10-,12-;/m1./s1. The minimum absolute atomic E-state index is 0.113. The maximum absolute atomic E-state index is 10.6. The van der Waals surface area contributed by atoms with Crippen LogP contribution in [-0.4, -0.2) is 11.5 Å². The molecule has 0 aromatic heterocycles. The van der Waals surface area contributed by atoms with Gasteiger partial charge >= 0.3 is 0 Å². The first-order valence-electron chi connectivity index (χ1n) is 7.27. The minimum Gasteiger partial charge on any atom is -0.550 e. The third-order valence-corrected chi connectivity index (χ3v) is 3.85. The van der Waals surface area contributed by atoms with Crippen LogP contribution in [0.3, 0.4) is 0 Å². The summed E-state index contributed by atoms with van der Waals surface area (Å²) in [6.07, 6.45) is 4.80. The molecule has 1 saturated carbocycles. The SMILES string of the molecule is CC(C)(C)[NH3+].CCC1=C[C@@H]2[C@H](C1)C[C@]2(C#N)CC(=O)[O-]. The van der Waals surface area contributed by atoms with E-state index >= 15 is 0 Å². The van der Waals surface area contributed by atoms with E-state index in [1.54, 1.807) is 0 Å². The van der Waals surface area contributed by atoms with Gasteiger partial charge in [0.25, 0.3) is 0 Å². The van der Waals surface area contributed by atoms with Gasteiger partial charge in [0.2, 0.25) is 0 Å². The Morgan fingerprint density at radius 2 is 2.15 bits per heavy atom. The molecule has 0 aliphatic heterocycles. The fourth-order valence-electron chi connectivity index (χ4n) is 3.04. The van der Waals surface area contributed by atoms with Crippen LogP contribution in [0.15, 0.2) is 11.6 Å². The summed E-state index contributed by atoms with van der Waals surface area (Å²) in [7, 11) is 0. The molecule has 0 heterocycles. The van der Waals surface area contributed by atoms with Crippen molar-refractivity contribution in [2.75, 3.05) is 0 Å². The maximum atomic E-state index is 10.6. The molecule has 112 valence electrons. The fraction of sp³-hybridized carbons (Fsp3) is 0.750. The predicted octanol–water partition coefficient (Wildman–Crippen LogP) is 1.04. The average molecular weight is 278 g/mol. The van der Waals surface area contributed by atoms with Crippen molar-refractivity contribution < 1.29 is 15.6 Å². The first kappa shape index (κ1) is 16.7. The number of carboxylic acid groups (broad SMARTS) is 1. The Bertz CT molecular complexity index is 436. The number of nitrogens with zero attached hydrogens (tertiary/aromatic N) is 1. The normalized spacial score (nSPS) is 31.1. The molecule has 0 saturated heterocycles. The van der Waals surface area contributed by atoms with Gasteiger partial charge in [0.15, 0.2) is 0 Å². The number of fused-ring (bicyclic) bond motifs is 1. The van der Waals surface area contributed by atoms with E-state index in [2.05, 4.69) is 45.6 Å². The quantitative estimate of drug-likeness (QED) is 0.782. The molecule has 3 N–H and O–H groups in total. The second kappa shape index (κ2) is 5.97. The number of hydrogen-bond donors (Lipinski definition) is 1. The van der Waals surface area contributed by atoms with Crippen molar-refractivity contribution in [3.8, 4) is 6.07 Å². The summed E-state index contributed by atoms with van der Waals surface area (Å²) in [5.74, 6) is -0.428. The second-order valence-electron chi connectivity index (χ2n) is 7.25. The summed E-state index contributed by atoms with van der Waals surface area (Å²) in [6, 6.07) is 2.20. The molecule has 2 aliphatic carbocycles. The van der Waals surface area contributed by atoms with E-state index in [1.807, 2.05) is 0 Å². The van der Waals surface area contributed by atoms with E-state index in [-0.39, 0.29) is 17.9 Å². The largest absolute Gasteiger partial charge is 0.550 e. The van der Waals surface area contributed by atoms with Gasteiger partial charge in [-0.2, -0.15) is 5.26 Å². The Balaban J connectivity index is 0.000000347. The molecular weight excluding hydrogens is 252 g/mol. The molecule has 3 atom stereocenters. The average Bonchev–Trinajstić information content (AvgIpc) is 2.62. The molecule has 0 unspecified atom stereocenters. The Morgan fingerprint density at radius 1 is 1.60 bits per heavy atom. The Hall–Kier alpha value is -1.34. The number of carboxylic acids is 1. The van der Waals surface area contributed by atoms with Crippen LogP contribution in [0, 0.1) is 28.6 Å². The molecule has 4 nitrogen and oxygen atoms in total. The zero-order valence-corrected chi connectivity index (χ0v) is 13.0. The Kier molecular flexibility index (Phi) is 4.99. The summed E-state index contributed by atoms with van der Waals surface area (Å²) in [4.78, 5) is 10.6. The molecule has 1 fully saturated rings. The van der Waals surface area contributed by atoms with Crippen molar-refractivity contribution in [3.63, 3.8) is 0 Å². The number of nitriles is 1. The van der Waals surface area contributed by atoms with Gasteiger partial charge in [-0.25, -0.2) is 0 Å². The first-order chi connectivity index (χ1) is 9.11. The van der Waals surface area contributed by atoms with Crippen LogP contribution in [-0.2, 0) is 4.79 Å². The van der Waals surface area contributed by atoms with Crippen molar-refractivity contribution >= 4 is 5.97 Å². The molecule has 20 heavy (non-hydrogen) atoms. The van der Waals surface area contributed by atoms with Crippen LogP contribution in [0.1, 0.15) is 53.4 Å². The van der Waals surface area contributed by atoms with E-state index in [1.165, 1.54) is 5.57 Å². The zero-order chi connectivity index (χ0) is 15.6. The number of allylic oxidation sites excluding steroid dienone is 2. The van der Waals surface area contributed by atoms with Crippen LogP contribution in [0.4, 0.5) is 0 Å². The van der Waals surface area contributed by atoms with Gasteiger partial charge in [0, 0.05) is 12.4 Å². The van der Waals surface area contributed by atoms with Crippen LogP contribution in [0.2, 0.25) is 0 Å². The van der Waals surface area contributed by atoms with E-state index in [0.717, 1.165) is 19.3 Å². The highest BCUT2D eigenvalue weighted by Gasteiger charge is 2.55. The highest BCUT2D eigenvalue weighted by atomic mass is 16.4. The lowest BCUT2D eigenvalue weighted by Gasteiger charge is -2.47. The second-order valence-corrected chi connectivity index (χ2v) is 7.25. The smallest absolute Gasteiger partial charge is 0.0860 e. The maximum Gasteiger partial charge on any atom is 0.0860 e. The summed E-state index contributed by atoms with van der Waals surface area (Å²) < 4.78 is 0. The molecular formula is C16H26N2O2. The lowest BCUT2D eigenvalue weighted by atomic mass is 9.54.